The largest absolute Gasteiger partial charge is 0.393 e. The van der Waals surface area contributed by atoms with E-state index in [1.54, 1.807) is 17.5 Å². The molecule has 6 aliphatic carbocycles. The van der Waals surface area contributed by atoms with Crippen LogP contribution in [0.5, 0.6) is 0 Å². The molecule has 1 unspecified atom stereocenters. The van der Waals surface area contributed by atoms with Crippen molar-refractivity contribution >= 4 is 37.9 Å². The minimum absolute atomic E-state index is 0.0150. The zero-order valence-electron chi connectivity index (χ0n) is 30.5. The van der Waals surface area contributed by atoms with E-state index in [-0.39, 0.29) is 45.9 Å². The summed E-state index contributed by atoms with van der Waals surface area (Å²) in [5.41, 5.74) is -2.56. The van der Waals surface area contributed by atoms with Crippen molar-refractivity contribution in [2.45, 2.75) is 81.3 Å². The Bertz CT molecular complexity index is 2360. The zero-order chi connectivity index (χ0) is 37.9. The average Bonchev–Trinajstić information content (AvgIpc) is 3.80. The molecule has 3 saturated carbocycles. The van der Waals surface area contributed by atoms with Gasteiger partial charge in [0.1, 0.15) is 4.21 Å². The number of Topliss-reactive ketones (excluding diaryl/α,β-unsaturated/α-hetero) is 1. The highest BCUT2D eigenvalue weighted by atomic mass is 32.2. The van der Waals surface area contributed by atoms with Crippen LogP contribution in [-0.4, -0.2) is 47.0 Å². The van der Waals surface area contributed by atoms with E-state index in [1.807, 2.05) is 48.5 Å². The molecule has 2 bridgehead atoms. The van der Waals surface area contributed by atoms with Gasteiger partial charge >= 0.3 is 0 Å². The van der Waals surface area contributed by atoms with Gasteiger partial charge in [-0.1, -0.05) is 80.6 Å². The summed E-state index contributed by atoms with van der Waals surface area (Å²) in [6, 6.07) is 20.4. The van der Waals surface area contributed by atoms with E-state index in [2.05, 4.69) is 26.0 Å². The lowest BCUT2D eigenvalue weighted by molar-refractivity contribution is -0.173. The second kappa shape index (κ2) is 12.2. The van der Waals surface area contributed by atoms with Crippen molar-refractivity contribution < 1.29 is 32.2 Å². The first-order chi connectivity index (χ1) is 25.7. The summed E-state index contributed by atoms with van der Waals surface area (Å²) in [5, 5.41) is 27.8. The first-order valence-corrected chi connectivity index (χ1v) is 21.3. The van der Waals surface area contributed by atoms with Crippen molar-refractivity contribution in [3.63, 3.8) is 0 Å². The fourth-order valence-corrected chi connectivity index (χ4v) is 14.7. The summed E-state index contributed by atoms with van der Waals surface area (Å²) < 4.78 is 59.5. The van der Waals surface area contributed by atoms with Gasteiger partial charge in [0, 0.05) is 40.5 Å². The van der Waals surface area contributed by atoms with Crippen molar-refractivity contribution in [2.75, 3.05) is 6.54 Å². The molecule has 6 nitrogen and oxygen atoms in total. The molecule has 3 fully saturated rings. The van der Waals surface area contributed by atoms with Gasteiger partial charge in [0.25, 0.3) is 10.0 Å². The molecule has 0 aliphatic heterocycles. The van der Waals surface area contributed by atoms with Gasteiger partial charge in [-0.25, -0.2) is 17.2 Å². The number of hydrogen-bond acceptors (Lipinski definition) is 6. The smallest absolute Gasteiger partial charge is 0.252 e. The molecule has 4 aromatic rings. The average molecular weight is 770 g/mol. The van der Waals surface area contributed by atoms with Gasteiger partial charge in [0.05, 0.1) is 11.7 Å². The van der Waals surface area contributed by atoms with Crippen molar-refractivity contribution in [3.8, 4) is 0 Å². The van der Waals surface area contributed by atoms with Crippen LogP contribution in [0.1, 0.15) is 74.7 Å². The summed E-state index contributed by atoms with van der Waals surface area (Å²) >= 11 is 1.15. The lowest BCUT2D eigenvalue weighted by atomic mass is 9.32. The number of nitrogens with zero attached hydrogens (tertiary/aromatic N) is 1. The SMILES string of the molecule is C[C@]12CC[C@H]3[C@]4(C=C[C@@]5(C=C4C(=O)c4ccc(F)c(F)c4)CC(O)CC[C@]35C)[C@@H]1CC[C@@]2(O)CN(Cc1cccc2ccccc12)S(=O)(=O)c1cccs1. The minimum atomic E-state index is -4.03. The molecule has 6 aliphatic rings. The molecule has 8 atom stereocenters. The zero-order valence-corrected chi connectivity index (χ0v) is 32.1. The van der Waals surface area contributed by atoms with Gasteiger partial charge < -0.3 is 10.2 Å². The molecule has 0 amide bonds. The molecule has 54 heavy (non-hydrogen) atoms. The van der Waals surface area contributed by atoms with E-state index >= 15 is 0 Å². The Morgan fingerprint density at radius 1 is 0.889 bits per heavy atom. The van der Waals surface area contributed by atoms with E-state index in [1.165, 1.54) is 10.4 Å². The van der Waals surface area contributed by atoms with Crippen molar-refractivity contribution in [1.29, 1.82) is 0 Å². The van der Waals surface area contributed by atoms with Crippen molar-refractivity contribution in [3.05, 3.63) is 125 Å². The number of aliphatic hydroxyl groups excluding tert-OH is 1. The number of allylic oxidation sites excluding steroid dienone is 4. The molecule has 1 aromatic heterocycles. The molecule has 3 aromatic carbocycles. The molecule has 282 valence electrons. The maximum Gasteiger partial charge on any atom is 0.252 e. The molecule has 10 rings (SSSR count). The number of rotatable bonds is 8. The Morgan fingerprint density at radius 3 is 2.41 bits per heavy atom. The van der Waals surface area contributed by atoms with Crippen LogP contribution < -0.4 is 0 Å². The molecule has 1 heterocycles. The number of fused-ring (bicyclic) bond motifs is 2. The highest BCUT2D eigenvalue weighted by Gasteiger charge is 2.74. The Hall–Kier alpha value is -3.54. The molecule has 0 saturated heterocycles. The summed E-state index contributed by atoms with van der Waals surface area (Å²) in [6.45, 7) is 4.29. The lowest BCUT2D eigenvalue weighted by Crippen LogP contribution is -2.67. The maximum absolute atomic E-state index is 14.8. The van der Waals surface area contributed by atoms with Gasteiger partial charge in [0.2, 0.25) is 0 Å². The number of halogens is 2. The van der Waals surface area contributed by atoms with Crippen LogP contribution in [0.2, 0.25) is 0 Å². The summed E-state index contributed by atoms with van der Waals surface area (Å²) in [5.74, 6) is -2.76. The quantitative estimate of drug-likeness (QED) is 0.138. The standard InChI is InChI=1S/C44H45F2NO5S2/c1-40-17-14-31(48)24-42(40)20-21-44(33(25-42)39(49)29-12-13-34(45)35(46)23-29)36(40)15-18-41(2)37(44)16-19-43(41,50)27-47(54(51,52)38-11-6-22-53-38)26-30-9-5-8-28-7-3-4-10-32(28)30/h3-13,20-23,25,31,36-37,48,50H,14-19,24,26-27H2,1-2H3/t31?,36-,37-,40-,41+,42+,43-,44-/m1/s1. The van der Waals surface area contributed by atoms with Gasteiger partial charge in [0.15, 0.2) is 17.4 Å². The van der Waals surface area contributed by atoms with Crippen LogP contribution in [0.4, 0.5) is 8.78 Å². The van der Waals surface area contributed by atoms with E-state index in [9.17, 15) is 32.2 Å². The Labute approximate surface area is 319 Å². The van der Waals surface area contributed by atoms with E-state index in [0.29, 0.717) is 44.1 Å². The fraction of sp³-hybridized carbons (Fsp3) is 0.432. The third-order valence-corrected chi connectivity index (χ3v) is 18.1. The number of carbonyl (C=O) groups is 1. The molecule has 10 heteroatoms. The number of hydrogen-bond donors (Lipinski definition) is 2. The van der Waals surface area contributed by atoms with Crippen LogP contribution >= 0.6 is 11.3 Å². The Morgan fingerprint density at radius 2 is 1.63 bits per heavy atom. The lowest BCUT2D eigenvalue weighted by Gasteiger charge is -2.71. The third-order valence-electron chi connectivity index (χ3n) is 14.9. The van der Waals surface area contributed by atoms with E-state index in [0.717, 1.165) is 46.2 Å². The summed E-state index contributed by atoms with van der Waals surface area (Å²) in [7, 11) is -4.03. The van der Waals surface area contributed by atoms with Crippen molar-refractivity contribution in [1.82, 2.24) is 4.31 Å². The Balaban J connectivity index is 1.16. The number of thiophene rings is 1. The predicted octanol–water partition coefficient (Wildman–Crippen LogP) is 8.84. The van der Waals surface area contributed by atoms with E-state index in [4.69, 9.17) is 0 Å². The van der Waals surface area contributed by atoms with Crippen molar-refractivity contribution in [2.24, 2.45) is 33.5 Å². The van der Waals surface area contributed by atoms with Gasteiger partial charge in [-0.05, 0) is 108 Å². The van der Waals surface area contributed by atoms with Crippen LogP contribution in [0.3, 0.4) is 0 Å². The second-order valence-corrected chi connectivity index (χ2v) is 20.2. The topological polar surface area (TPSA) is 94.9 Å². The highest BCUT2D eigenvalue weighted by Crippen LogP contribution is 2.78. The Kier molecular flexibility index (Phi) is 8.18. The molecule has 0 radical (unpaired) electrons. The third kappa shape index (κ3) is 4.89. The van der Waals surface area contributed by atoms with Gasteiger partial charge in [-0.3, -0.25) is 4.79 Å². The molecule has 2 spiro atoms. The number of carbonyl (C=O) groups excluding carboxylic acids is 1. The first-order valence-electron chi connectivity index (χ1n) is 19.0. The fourth-order valence-electron chi connectivity index (χ4n) is 12.1. The van der Waals surface area contributed by atoms with Crippen LogP contribution in [0.25, 0.3) is 10.8 Å². The normalized spacial score (nSPS) is 35.5. The first kappa shape index (κ1) is 36.1. The summed E-state index contributed by atoms with van der Waals surface area (Å²) in [6.07, 6.45) is 9.90. The second-order valence-electron chi connectivity index (χ2n) is 17.1. The summed E-state index contributed by atoms with van der Waals surface area (Å²) in [4.78, 5) is 14.8. The van der Waals surface area contributed by atoms with Crippen LogP contribution in [0, 0.1) is 45.1 Å². The highest BCUT2D eigenvalue weighted by molar-refractivity contribution is 7.91. The van der Waals surface area contributed by atoms with Crippen LogP contribution in [0.15, 0.2) is 106 Å². The molecular weight excluding hydrogens is 725 g/mol. The number of ketones is 1. The number of sulfonamides is 1. The predicted molar refractivity (Wildman–Crippen MR) is 205 cm³/mol. The minimum Gasteiger partial charge on any atom is -0.393 e. The number of benzene rings is 3. The maximum atomic E-state index is 14.8. The van der Waals surface area contributed by atoms with Gasteiger partial charge in [-0.2, -0.15) is 4.31 Å². The molecule has 2 N–H and O–H groups in total. The number of aliphatic hydroxyl groups is 2. The monoisotopic (exact) mass is 769 g/mol. The molecular formula is C44H45F2NO5S2. The van der Waals surface area contributed by atoms with Gasteiger partial charge in [-0.15, -0.1) is 11.3 Å². The van der Waals surface area contributed by atoms with Crippen LogP contribution in [-0.2, 0) is 16.6 Å². The van der Waals surface area contributed by atoms with E-state index < -0.39 is 49.6 Å².